The molecule has 0 aliphatic carbocycles. The Labute approximate surface area is 272 Å². The topological polar surface area (TPSA) is 79.7 Å². The molecule has 0 spiro atoms. The number of benzene rings is 3. The van der Waals surface area contributed by atoms with E-state index < -0.39 is 10.0 Å². The first-order valence-corrected chi connectivity index (χ1v) is 18.0. The molecule has 1 fully saturated rings. The van der Waals surface area contributed by atoms with E-state index >= 15 is 0 Å². The molecule has 3 aromatic carbocycles. The van der Waals surface area contributed by atoms with E-state index in [-0.39, 0.29) is 0 Å². The van der Waals surface area contributed by atoms with E-state index in [4.69, 9.17) is 21.4 Å². The first kappa shape index (κ1) is 31.9. The summed E-state index contributed by atoms with van der Waals surface area (Å²) in [5.41, 5.74) is 9.58. The third-order valence-electron chi connectivity index (χ3n) is 8.80. The van der Waals surface area contributed by atoms with Crippen molar-refractivity contribution in [1.82, 2.24) is 24.3 Å². The molecule has 6 rings (SSSR count). The van der Waals surface area contributed by atoms with E-state index in [1.54, 1.807) is 4.31 Å². The van der Waals surface area contributed by atoms with Crippen molar-refractivity contribution in [3.8, 4) is 22.4 Å². The number of sulfonamides is 1. The molecule has 238 valence electrons. The van der Waals surface area contributed by atoms with Crippen LogP contribution in [0.15, 0.2) is 66.7 Å². The summed E-state index contributed by atoms with van der Waals surface area (Å²) in [5, 5.41) is 9.30. The van der Waals surface area contributed by atoms with Gasteiger partial charge in [0.1, 0.15) is 0 Å². The van der Waals surface area contributed by atoms with Gasteiger partial charge in [0.25, 0.3) is 0 Å². The van der Waals surface area contributed by atoms with E-state index in [9.17, 15) is 8.42 Å². The molecule has 0 amide bonds. The first-order chi connectivity index (χ1) is 21.7. The van der Waals surface area contributed by atoms with Gasteiger partial charge in [0, 0.05) is 86.2 Å². The number of morpholine rings is 1. The second-order valence-corrected chi connectivity index (χ2v) is 14.5. The number of nitrogens with one attached hydrogen (secondary N) is 1. The van der Waals surface area contributed by atoms with Crippen LogP contribution in [0, 0.1) is 6.92 Å². The number of aromatic nitrogens is 2. The van der Waals surface area contributed by atoms with Gasteiger partial charge in [-0.3, -0.25) is 9.58 Å². The standard InChI is InChI=1S/C35H42ClN5O3S/c1-26-4-6-27(7-5-26)23-37-24-28-8-10-29(11-9-28)31-22-30(12-13-33(31)36)35-32-25-40(45(2,42)43)17-14-34(32)41(38-35)16-3-15-39-18-20-44-21-19-39/h4-13,22,37H,3,14-21,23-25H2,1-2H3. The summed E-state index contributed by atoms with van der Waals surface area (Å²) in [7, 11) is -3.32. The fourth-order valence-electron chi connectivity index (χ4n) is 6.19. The molecule has 2 aliphatic heterocycles. The normalized spacial score (nSPS) is 16.2. The van der Waals surface area contributed by atoms with Gasteiger partial charge in [-0.2, -0.15) is 9.40 Å². The molecule has 1 aromatic heterocycles. The molecular weight excluding hydrogens is 606 g/mol. The van der Waals surface area contributed by atoms with Crippen molar-refractivity contribution in [2.45, 2.75) is 45.9 Å². The smallest absolute Gasteiger partial charge is 0.211 e. The molecule has 1 N–H and O–H groups in total. The molecule has 0 atom stereocenters. The second kappa shape index (κ2) is 14.2. The first-order valence-electron chi connectivity index (χ1n) is 15.7. The van der Waals surface area contributed by atoms with Crippen molar-refractivity contribution in [3.63, 3.8) is 0 Å². The molecule has 1 saturated heterocycles. The number of hydrogen-bond acceptors (Lipinski definition) is 6. The Morgan fingerprint density at radius 1 is 0.889 bits per heavy atom. The maximum absolute atomic E-state index is 12.5. The molecule has 0 bridgehead atoms. The lowest BCUT2D eigenvalue weighted by Gasteiger charge is -2.27. The van der Waals surface area contributed by atoms with Crippen LogP contribution in [0.1, 0.15) is 34.4 Å². The molecule has 2 aliphatic rings. The van der Waals surface area contributed by atoms with E-state index in [1.165, 1.54) is 22.9 Å². The van der Waals surface area contributed by atoms with E-state index in [0.29, 0.717) is 24.5 Å². The Hall–Kier alpha value is -3.05. The monoisotopic (exact) mass is 647 g/mol. The highest BCUT2D eigenvalue weighted by Crippen LogP contribution is 2.36. The molecule has 4 aromatic rings. The lowest BCUT2D eigenvalue weighted by atomic mass is 9.97. The van der Waals surface area contributed by atoms with Crippen molar-refractivity contribution in [2.24, 2.45) is 0 Å². The summed E-state index contributed by atoms with van der Waals surface area (Å²) in [5.74, 6) is 0. The summed E-state index contributed by atoms with van der Waals surface area (Å²) in [6.07, 6.45) is 2.90. The number of rotatable bonds is 11. The number of ether oxygens (including phenoxy) is 1. The Morgan fingerprint density at radius 2 is 1.56 bits per heavy atom. The van der Waals surface area contributed by atoms with Gasteiger partial charge in [-0.05, 0) is 42.2 Å². The van der Waals surface area contributed by atoms with Crippen LogP contribution in [0.5, 0.6) is 0 Å². The minimum absolute atomic E-state index is 0.329. The SMILES string of the molecule is Cc1ccc(CNCc2ccc(-c3cc(-c4nn(CCCN5CCOCC5)c5c4CN(S(C)(=O)=O)CC5)ccc3Cl)cc2)cc1. The van der Waals surface area contributed by atoms with Gasteiger partial charge in [-0.25, -0.2) is 8.42 Å². The molecule has 45 heavy (non-hydrogen) atoms. The van der Waals surface area contributed by atoms with Gasteiger partial charge in [0.15, 0.2) is 0 Å². The Morgan fingerprint density at radius 3 is 2.24 bits per heavy atom. The summed E-state index contributed by atoms with van der Waals surface area (Å²) < 4.78 is 34.2. The van der Waals surface area contributed by atoms with Crippen LogP contribution in [0.25, 0.3) is 22.4 Å². The van der Waals surface area contributed by atoms with Crippen LogP contribution in [-0.2, 0) is 47.4 Å². The van der Waals surface area contributed by atoms with E-state index in [0.717, 1.165) is 92.5 Å². The fourth-order valence-corrected chi connectivity index (χ4v) is 7.20. The van der Waals surface area contributed by atoms with Crippen LogP contribution in [-0.4, -0.2) is 73.1 Å². The molecular formula is C35H42ClN5O3S. The number of hydrogen-bond donors (Lipinski definition) is 1. The highest BCUT2D eigenvalue weighted by atomic mass is 35.5. The van der Waals surface area contributed by atoms with Gasteiger partial charge < -0.3 is 10.1 Å². The van der Waals surface area contributed by atoms with Crippen molar-refractivity contribution in [2.75, 3.05) is 45.6 Å². The molecule has 0 radical (unpaired) electrons. The maximum atomic E-state index is 12.5. The average Bonchev–Trinajstić information content (AvgIpc) is 3.41. The Kier molecular flexibility index (Phi) is 10.0. The van der Waals surface area contributed by atoms with Crippen LogP contribution >= 0.6 is 11.6 Å². The zero-order valence-corrected chi connectivity index (χ0v) is 27.7. The van der Waals surface area contributed by atoms with Crippen molar-refractivity contribution in [1.29, 1.82) is 0 Å². The quantitative estimate of drug-likeness (QED) is 0.231. The third kappa shape index (κ3) is 7.85. The number of nitrogens with zero attached hydrogens (tertiary/aromatic N) is 4. The fraction of sp³-hybridized carbons (Fsp3) is 0.400. The van der Waals surface area contributed by atoms with Gasteiger partial charge in [-0.15, -0.1) is 0 Å². The zero-order chi connectivity index (χ0) is 31.4. The predicted octanol–water partition coefficient (Wildman–Crippen LogP) is 5.51. The maximum Gasteiger partial charge on any atom is 0.211 e. The third-order valence-corrected chi connectivity index (χ3v) is 10.4. The molecule has 0 saturated carbocycles. The summed E-state index contributed by atoms with van der Waals surface area (Å²) in [6, 6.07) is 23.1. The van der Waals surface area contributed by atoms with Gasteiger partial charge in [-0.1, -0.05) is 71.8 Å². The van der Waals surface area contributed by atoms with Gasteiger partial charge in [0.05, 0.1) is 25.2 Å². The minimum Gasteiger partial charge on any atom is -0.379 e. The lowest BCUT2D eigenvalue weighted by molar-refractivity contribution is 0.0368. The van der Waals surface area contributed by atoms with Crippen molar-refractivity contribution in [3.05, 3.63) is 99.7 Å². The lowest BCUT2D eigenvalue weighted by Crippen LogP contribution is -2.37. The number of fused-ring (bicyclic) bond motifs is 1. The largest absolute Gasteiger partial charge is 0.379 e. The van der Waals surface area contributed by atoms with Gasteiger partial charge >= 0.3 is 0 Å². The van der Waals surface area contributed by atoms with Crippen LogP contribution in [0.2, 0.25) is 5.02 Å². The Balaban J connectivity index is 1.21. The molecule has 10 heteroatoms. The Bertz CT molecular complexity index is 1720. The van der Waals surface area contributed by atoms with Gasteiger partial charge in [0.2, 0.25) is 10.0 Å². The van der Waals surface area contributed by atoms with Crippen LogP contribution in [0.4, 0.5) is 0 Å². The van der Waals surface area contributed by atoms with Crippen LogP contribution in [0.3, 0.4) is 0 Å². The van der Waals surface area contributed by atoms with Crippen LogP contribution < -0.4 is 5.32 Å². The van der Waals surface area contributed by atoms with E-state index in [2.05, 4.69) is 76.4 Å². The average molecular weight is 648 g/mol. The molecule has 8 nitrogen and oxygen atoms in total. The molecule has 0 unspecified atom stereocenters. The summed E-state index contributed by atoms with van der Waals surface area (Å²) in [4.78, 5) is 2.43. The van der Waals surface area contributed by atoms with E-state index in [1.807, 2.05) is 12.1 Å². The predicted molar refractivity (Wildman–Crippen MR) is 181 cm³/mol. The zero-order valence-electron chi connectivity index (χ0n) is 26.1. The van der Waals surface area contributed by atoms with Crippen molar-refractivity contribution < 1.29 is 13.2 Å². The summed E-state index contributed by atoms with van der Waals surface area (Å²) in [6.45, 7) is 9.77. The second-order valence-electron chi connectivity index (χ2n) is 12.1. The number of aryl methyl sites for hydroxylation is 2. The highest BCUT2D eigenvalue weighted by molar-refractivity contribution is 7.88. The van der Waals surface area contributed by atoms with Crippen molar-refractivity contribution >= 4 is 21.6 Å². The number of halogens is 1. The molecule has 3 heterocycles. The minimum atomic E-state index is -3.32. The highest BCUT2D eigenvalue weighted by Gasteiger charge is 2.30. The summed E-state index contributed by atoms with van der Waals surface area (Å²) >= 11 is 6.76.